The van der Waals surface area contributed by atoms with Gasteiger partial charge in [-0.25, -0.2) is 13.6 Å². The van der Waals surface area contributed by atoms with Gasteiger partial charge in [0.2, 0.25) is 0 Å². The summed E-state index contributed by atoms with van der Waals surface area (Å²) in [6.07, 6.45) is 0.696. The van der Waals surface area contributed by atoms with E-state index in [9.17, 15) is 13.6 Å². The van der Waals surface area contributed by atoms with Crippen molar-refractivity contribution >= 4 is 6.03 Å². The summed E-state index contributed by atoms with van der Waals surface area (Å²) in [7, 11) is 4.03. The summed E-state index contributed by atoms with van der Waals surface area (Å²) in [4.78, 5) is 19.2. The molecule has 0 aliphatic carbocycles. The largest absolute Gasteiger partial charge is 0.345 e. The first-order valence-electron chi connectivity index (χ1n) is 9.16. The van der Waals surface area contributed by atoms with E-state index < -0.39 is 11.6 Å². The molecule has 2 aromatic rings. The van der Waals surface area contributed by atoms with Crippen molar-refractivity contribution in [3.63, 3.8) is 0 Å². The lowest BCUT2D eigenvalue weighted by atomic mass is 10.0. The van der Waals surface area contributed by atoms with Crippen molar-refractivity contribution in [2.75, 3.05) is 46.8 Å². The van der Waals surface area contributed by atoms with Crippen molar-refractivity contribution in [1.82, 2.24) is 24.5 Å². The average molecular weight is 375 g/mol. The molecule has 1 amide bonds. The Morgan fingerprint density at radius 3 is 2.44 bits per heavy atom. The predicted molar refractivity (Wildman–Crippen MR) is 97.5 cm³/mol. The molecule has 0 saturated carbocycles. The fourth-order valence-corrected chi connectivity index (χ4v) is 3.72. The second-order valence-corrected chi connectivity index (χ2v) is 7.38. The number of hydrogen-bond acceptors (Lipinski definition) is 4. The van der Waals surface area contributed by atoms with Gasteiger partial charge in [-0.3, -0.25) is 0 Å². The highest BCUT2D eigenvalue weighted by Gasteiger charge is 2.30. The number of nitrogens with zero attached hydrogens (tertiary/aromatic N) is 5. The highest BCUT2D eigenvalue weighted by atomic mass is 19.2. The predicted octanol–water partition coefficient (Wildman–Crippen LogP) is 2.03. The third kappa shape index (κ3) is 3.35. The Kier molecular flexibility index (Phi) is 4.69. The number of carbonyl (C=O) groups excluding carboxylic acids is 1. The van der Waals surface area contributed by atoms with E-state index in [1.165, 1.54) is 10.7 Å². The molecular formula is C19H23F2N5O. The molecule has 2 aliphatic rings. The second-order valence-electron chi connectivity index (χ2n) is 7.38. The van der Waals surface area contributed by atoms with Gasteiger partial charge in [-0.1, -0.05) is 0 Å². The van der Waals surface area contributed by atoms with Gasteiger partial charge in [-0.05, 0) is 32.3 Å². The van der Waals surface area contributed by atoms with Crippen LogP contribution in [0.5, 0.6) is 0 Å². The van der Waals surface area contributed by atoms with Gasteiger partial charge >= 0.3 is 6.03 Å². The first kappa shape index (κ1) is 18.1. The van der Waals surface area contributed by atoms with Gasteiger partial charge in [0.1, 0.15) is 0 Å². The van der Waals surface area contributed by atoms with Crippen molar-refractivity contribution in [2.24, 2.45) is 0 Å². The SMILES string of the molecule is CN1CCN(C(=O)n2nc(-c3ccc(F)c(F)c3)c3c2CCN(C)C3)CC1. The molecule has 0 unspecified atom stereocenters. The number of benzene rings is 1. The summed E-state index contributed by atoms with van der Waals surface area (Å²) in [6, 6.07) is 3.63. The minimum Gasteiger partial charge on any atom is -0.320 e. The van der Waals surface area contributed by atoms with E-state index >= 15 is 0 Å². The van der Waals surface area contributed by atoms with Crippen LogP contribution in [0.4, 0.5) is 13.6 Å². The van der Waals surface area contributed by atoms with Gasteiger partial charge in [0, 0.05) is 56.8 Å². The third-order valence-corrected chi connectivity index (χ3v) is 5.40. The van der Waals surface area contributed by atoms with Crippen LogP contribution in [0, 0.1) is 11.6 Å². The molecule has 1 aromatic heterocycles. The minimum atomic E-state index is -0.912. The molecule has 8 heteroatoms. The number of rotatable bonds is 1. The normalized spacial score (nSPS) is 18.6. The first-order chi connectivity index (χ1) is 12.9. The molecule has 144 valence electrons. The molecule has 6 nitrogen and oxygen atoms in total. The van der Waals surface area contributed by atoms with E-state index in [0.717, 1.165) is 43.0 Å². The smallest absolute Gasteiger partial charge is 0.320 e. The van der Waals surface area contributed by atoms with Gasteiger partial charge in [0.15, 0.2) is 11.6 Å². The number of fused-ring (bicyclic) bond motifs is 1. The Balaban J connectivity index is 1.74. The van der Waals surface area contributed by atoms with Crippen LogP contribution in [0.2, 0.25) is 0 Å². The van der Waals surface area contributed by atoms with E-state index in [4.69, 9.17) is 0 Å². The maximum absolute atomic E-state index is 13.8. The molecule has 27 heavy (non-hydrogen) atoms. The molecule has 0 atom stereocenters. The molecule has 1 saturated heterocycles. The fourth-order valence-electron chi connectivity index (χ4n) is 3.72. The minimum absolute atomic E-state index is 0.141. The molecule has 0 N–H and O–H groups in total. The van der Waals surface area contributed by atoms with Crippen LogP contribution in [-0.2, 0) is 13.0 Å². The van der Waals surface area contributed by atoms with Crippen LogP contribution in [0.1, 0.15) is 11.3 Å². The number of halogens is 2. The molecule has 2 aliphatic heterocycles. The van der Waals surface area contributed by atoms with E-state index in [2.05, 4.69) is 14.9 Å². The van der Waals surface area contributed by atoms with Crippen LogP contribution in [0.15, 0.2) is 18.2 Å². The number of amides is 1. The zero-order chi connectivity index (χ0) is 19.1. The van der Waals surface area contributed by atoms with Crippen molar-refractivity contribution in [1.29, 1.82) is 0 Å². The molecule has 0 radical (unpaired) electrons. The van der Waals surface area contributed by atoms with Crippen LogP contribution in [0.3, 0.4) is 0 Å². The van der Waals surface area contributed by atoms with Crippen LogP contribution >= 0.6 is 0 Å². The zero-order valence-electron chi connectivity index (χ0n) is 15.6. The Morgan fingerprint density at radius 1 is 1.00 bits per heavy atom. The summed E-state index contributed by atoms with van der Waals surface area (Å²) in [5.74, 6) is -1.80. The Labute approximate surface area is 157 Å². The lowest BCUT2D eigenvalue weighted by molar-refractivity contribution is 0.152. The number of aromatic nitrogens is 2. The molecule has 4 rings (SSSR count). The summed E-state index contributed by atoms with van der Waals surface area (Å²) in [5, 5.41) is 4.56. The lowest BCUT2D eigenvalue weighted by Crippen LogP contribution is -2.49. The van der Waals surface area contributed by atoms with Crippen molar-refractivity contribution in [3.8, 4) is 11.3 Å². The van der Waals surface area contributed by atoms with Crippen LogP contribution < -0.4 is 0 Å². The number of likely N-dealkylation sites (N-methyl/N-ethyl adjacent to an activating group) is 2. The quantitative estimate of drug-likeness (QED) is 0.765. The number of carbonyl (C=O) groups is 1. The summed E-state index contributed by atoms with van der Waals surface area (Å²) in [6.45, 7) is 4.42. The maximum atomic E-state index is 13.8. The van der Waals surface area contributed by atoms with E-state index in [-0.39, 0.29) is 6.03 Å². The summed E-state index contributed by atoms with van der Waals surface area (Å²) >= 11 is 0. The molecular weight excluding hydrogens is 352 g/mol. The fraction of sp³-hybridized carbons (Fsp3) is 0.474. The monoisotopic (exact) mass is 375 g/mol. The Hall–Kier alpha value is -2.32. The summed E-state index contributed by atoms with van der Waals surface area (Å²) < 4.78 is 28.6. The number of piperazine rings is 1. The lowest BCUT2D eigenvalue weighted by Gasteiger charge is -2.32. The number of hydrogen-bond donors (Lipinski definition) is 0. The summed E-state index contributed by atoms with van der Waals surface area (Å²) in [5.41, 5.74) is 2.83. The maximum Gasteiger partial charge on any atom is 0.345 e. The standard InChI is InChI=1S/C19H23F2N5O/c1-23-7-9-25(10-8-23)19(27)26-17-5-6-24(2)12-14(17)18(22-26)13-3-4-15(20)16(21)11-13/h3-4,11H,5-10,12H2,1-2H3. The Bertz CT molecular complexity index is 873. The molecule has 1 aromatic carbocycles. The van der Waals surface area contributed by atoms with Crippen LogP contribution in [-0.4, -0.2) is 77.3 Å². The van der Waals surface area contributed by atoms with Gasteiger partial charge in [0.05, 0.1) is 11.4 Å². The Morgan fingerprint density at radius 2 is 1.74 bits per heavy atom. The molecule has 0 bridgehead atoms. The second kappa shape index (κ2) is 7.01. The first-order valence-corrected chi connectivity index (χ1v) is 9.16. The zero-order valence-corrected chi connectivity index (χ0v) is 15.6. The molecule has 3 heterocycles. The molecule has 0 spiro atoms. The van der Waals surface area contributed by atoms with Gasteiger partial charge in [-0.15, -0.1) is 0 Å². The average Bonchev–Trinajstić information content (AvgIpc) is 3.02. The van der Waals surface area contributed by atoms with Crippen molar-refractivity contribution in [3.05, 3.63) is 41.1 Å². The van der Waals surface area contributed by atoms with E-state index in [0.29, 0.717) is 37.3 Å². The molecule has 1 fully saturated rings. The van der Waals surface area contributed by atoms with E-state index in [1.807, 2.05) is 14.1 Å². The van der Waals surface area contributed by atoms with Gasteiger partial charge in [0.25, 0.3) is 0 Å². The highest BCUT2D eigenvalue weighted by Crippen LogP contribution is 2.31. The van der Waals surface area contributed by atoms with Crippen molar-refractivity contribution in [2.45, 2.75) is 13.0 Å². The van der Waals surface area contributed by atoms with Crippen molar-refractivity contribution < 1.29 is 13.6 Å². The topological polar surface area (TPSA) is 44.6 Å². The van der Waals surface area contributed by atoms with Gasteiger partial charge in [-0.2, -0.15) is 9.78 Å². The van der Waals surface area contributed by atoms with Gasteiger partial charge < -0.3 is 14.7 Å². The van der Waals surface area contributed by atoms with E-state index in [1.54, 1.807) is 4.90 Å². The highest BCUT2D eigenvalue weighted by molar-refractivity contribution is 5.79. The third-order valence-electron chi connectivity index (χ3n) is 5.40. The van der Waals surface area contributed by atoms with Crippen LogP contribution in [0.25, 0.3) is 11.3 Å².